The summed E-state index contributed by atoms with van der Waals surface area (Å²) in [6, 6.07) is 3.20. The number of likely N-dealkylation sites (tertiary alicyclic amines) is 1. The van der Waals surface area contributed by atoms with Crippen molar-refractivity contribution in [2.45, 2.75) is 6.42 Å². The first-order valence-corrected chi connectivity index (χ1v) is 7.05. The molecule has 1 fully saturated rings. The summed E-state index contributed by atoms with van der Waals surface area (Å²) in [7, 11) is 1.46. The summed E-state index contributed by atoms with van der Waals surface area (Å²) in [5.74, 6) is -4.60. The molecule has 8 heteroatoms. The van der Waals surface area contributed by atoms with Crippen LogP contribution in [0.2, 0.25) is 0 Å². The van der Waals surface area contributed by atoms with Crippen molar-refractivity contribution in [2.24, 2.45) is 5.92 Å². The van der Waals surface area contributed by atoms with Gasteiger partial charge in [-0.25, -0.2) is 8.78 Å². The maximum absolute atomic E-state index is 13.0. The summed E-state index contributed by atoms with van der Waals surface area (Å²) in [5.41, 5.74) is 0. The first-order chi connectivity index (χ1) is 10.9. The average molecular weight is 326 g/mol. The highest BCUT2D eigenvalue weighted by Gasteiger charge is 2.41. The van der Waals surface area contributed by atoms with E-state index in [-0.39, 0.29) is 25.4 Å². The SMILES string of the molecule is CN1CC(C(=O)NCCCOc2ccc(F)c(F)c2)C(=O)C1=O. The monoisotopic (exact) mass is 326 g/mol. The van der Waals surface area contributed by atoms with Gasteiger partial charge in [-0.1, -0.05) is 0 Å². The third kappa shape index (κ3) is 4.02. The van der Waals surface area contributed by atoms with Crippen LogP contribution < -0.4 is 10.1 Å². The number of rotatable bonds is 6. The molecule has 1 saturated heterocycles. The maximum Gasteiger partial charge on any atom is 0.290 e. The van der Waals surface area contributed by atoms with Gasteiger partial charge >= 0.3 is 0 Å². The van der Waals surface area contributed by atoms with Gasteiger partial charge in [-0.05, 0) is 18.6 Å². The van der Waals surface area contributed by atoms with E-state index in [1.54, 1.807) is 0 Å². The molecule has 0 spiro atoms. The van der Waals surface area contributed by atoms with Crippen molar-refractivity contribution in [3.63, 3.8) is 0 Å². The standard InChI is InChI=1S/C15H16F2N2O4/c1-19-8-10(13(20)15(19)22)14(21)18-5-2-6-23-9-3-4-11(16)12(17)7-9/h3-4,7,10H,2,5-6,8H2,1H3,(H,18,21). The zero-order chi connectivity index (χ0) is 17.0. The molecule has 0 aliphatic carbocycles. The largest absolute Gasteiger partial charge is 0.493 e. The molecule has 0 radical (unpaired) electrons. The maximum atomic E-state index is 13.0. The van der Waals surface area contributed by atoms with Gasteiger partial charge in [0.15, 0.2) is 11.6 Å². The van der Waals surface area contributed by atoms with Crippen molar-refractivity contribution >= 4 is 17.6 Å². The van der Waals surface area contributed by atoms with Gasteiger partial charge in [-0.15, -0.1) is 0 Å². The number of halogens is 2. The summed E-state index contributed by atoms with van der Waals surface area (Å²) in [6.45, 7) is 0.502. The van der Waals surface area contributed by atoms with Gasteiger partial charge in [0.05, 0.1) is 6.61 Å². The Morgan fingerprint density at radius 2 is 2.09 bits per heavy atom. The third-order valence-corrected chi connectivity index (χ3v) is 3.43. The molecule has 1 N–H and O–H groups in total. The first-order valence-electron chi connectivity index (χ1n) is 7.05. The number of likely N-dealkylation sites (N-methyl/N-ethyl adjacent to an activating group) is 1. The van der Waals surface area contributed by atoms with Gasteiger partial charge in [0.1, 0.15) is 11.7 Å². The Kier molecular flexibility index (Phi) is 5.25. The summed E-state index contributed by atoms with van der Waals surface area (Å²) in [6.07, 6.45) is 0.412. The molecule has 1 heterocycles. The fourth-order valence-electron chi connectivity index (χ4n) is 2.14. The van der Waals surface area contributed by atoms with Crippen molar-refractivity contribution in [1.29, 1.82) is 0 Å². The third-order valence-electron chi connectivity index (χ3n) is 3.43. The van der Waals surface area contributed by atoms with Crippen LogP contribution in [0.3, 0.4) is 0 Å². The van der Waals surface area contributed by atoms with E-state index in [9.17, 15) is 23.2 Å². The smallest absolute Gasteiger partial charge is 0.290 e. The lowest BCUT2D eigenvalue weighted by Gasteiger charge is -2.10. The van der Waals surface area contributed by atoms with Crippen molar-refractivity contribution in [1.82, 2.24) is 10.2 Å². The molecular weight excluding hydrogens is 310 g/mol. The molecule has 0 aromatic heterocycles. The predicted molar refractivity (Wildman–Crippen MR) is 75.6 cm³/mol. The average Bonchev–Trinajstić information content (AvgIpc) is 2.78. The molecule has 124 valence electrons. The summed E-state index contributed by atoms with van der Waals surface area (Å²) >= 11 is 0. The second kappa shape index (κ2) is 7.17. The molecule has 2 amide bonds. The zero-order valence-electron chi connectivity index (χ0n) is 12.5. The van der Waals surface area contributed by atoms with Crippen LogP contribution in [0.4, 0.5) is 8.78 Å². The Morgan fingerprint density at radius 3 is 2.70 bits per heavy atom. The number of benzene rings is 1. The van der Waals surface area contributed by atoms with Crippen LogP contribution in [0.5, 0.6) is 5.75 Å². The Hall–Kier alpha value is -2.51. The van der Waals surface area contributed by atoms with Crippen LogP contribution in [0.15, 0.2) is 18.2 Å². The van der Waals surface area contributed by atoms with Crippen LogP contribution >= 0.6 is 0 Å². The minimum Gasteiger partial charge on any atom is -0.493 e. The lowest BCUT2D eigenvalue weighted by atomic mass is 10.1. The zero-order valence-corrected chi connectivity index (χ0v) is 12.5. The number of Topliss-reactive ketones (excluding diaryl/α,β-unsaturated/α-hetero) is 1. The molecule has 1 unspecified atom stereocenters. The predicted octanol–water partition coefficient (Wildman–Crippen LogP) is 0.507. The fourth-order valence-corrected chi connectivity index (χ4v) is 2.14. The van der Waals surface area contributed by atoms with E-state index in [1.807, 2.05) is 0 Å². The van der Waals surface area contributed by atoms with Gasteiger partial charge < -0.3 is 15.0 Å². The number of hydrogen-bond acceptors (Lipinski definition) is 4. The van der Waals surface area contributed by atoms with Crippen LogP contribution in [0, 0.1) is 17.6 Å². The highest BCUT2D eigenvalue weighted by atomic mass is 19.2. The van der Waals surface area contributed by atoms with E-state index in [1.165, 1.54) is 18.0 Å². The van der Waals surface area contributed by atoms with E-state index in [2.05, 4.69) is 5.32 Å². The van der Waals surface area contributed by atoms with E-state index < -0.39 is 35.1 Å². The van der Waals surface area contributed by atoms with Gasteiger partial charge in [0.25, 0.3) is 5.91 Å². The number of carbonyl (C=O) groups excluding carboxylic acids is 3. The minimum absolute atomic E-state index is 0.0782. The lowest BCUT2D eigenvalue weighted by molar-refractivity contribution is -0.142. The van der Waals surface area contributed by atoms with Crippen molar-refractivity contribution < 1.29 is 27.9 Å². The Labute approximate surface area is 131 Å². The van der Waals surface area contributed by atoms with Crippen LogP contribution in [-0.2, 0) is 14.4 Å². The molecule has 23 heavy (non-hydrogen) atoms. The number of nitrogens with one attached hydrogen (secondary N) is 1. The molecule has 1 atom stereocenters. The molecule has 0 bridgehead atoms. The van der Waals surface area contributed by atoms with E-state index in [0.29, 0.717) is 6.42 Å². The van der Waals surface area contributed by atoms with Crippen molar-refractivity contribution in [3.8, 4) is 5.75 Å². The molecule has 1 aromatic rings. The molecule has 1 aromatic carbocycles. The summed E-state index contributed by atoms with van der Waals surface area (Å²) in [5, 5.41) is 2.55. The quantitative estimate of drug-likeness (QED) is 0.469. The number of nitrogens with zero attached hydrogens (tertiary/aromatic N) is 1. The first kappa shape index (κ1) is 16.9. The van der Waals surface area contributed by atoms with Crippen molar-refractivity contribution in [3.05, 3.63) is 29.8 Å². The van der Waals surface area contributed by atoms with E-state index in [4.69, 9.17) is 4.74 Å². The lowest BCUT2D eigenvalue weighted by Crippen LogP contribution is -2.36. The fraction of sp³-hybridized carbons (Fsp3) is 0.400. The normalized spacial score (nSPS) is 17.5. The number of amides is 2. The number of ether oxygens (including phenoxy) is 1. The second-order valence-electron chi connectivity index (χ2n) is 5.17. The van der Waals surface area contributed by atoms with Gasteiger partial charge in [-0.2, -0.15) is 0 Å². The topological polar surface area (TPSA) is 75.7 Å². The Morgan fingerprint density at radius 1 is 1.35 bits per heavy atom. The molecule has 1 aliphatic rings. The summed E-state index contributed by atoms with van der Waals surface area (Å²) < 4.78 is 30.9. The van der Waals surface area contributed by atoms with Gasteiger partial charge in [0.2, 0.25) is 11.7 Å². The molecular formula is C15H16F2N2O4. The van der Waals surface area contributed by atoms with Gasteiger partial charge in [-0.3, -0.25) is 14.4 Å². The van der Waals surface area contributed by atoms with E-state index in [0.717, 1.165) is 12.1 Å². The van der Waals surface area contributed by atoms with Crippen molar-refractivity contribution in [2.75, 3.05) is 26.7 Å². The number of ketones is 1. The molecule has 6 nitrogen and oxygen atoms in total. The summed E-state index contributed by atoms with van der Waals surface area (Å²) in [4.78, 5) is 35.9. The molecule has 0 saturated carbocycles. The Balaban J connectivity index is 1.69. The Bertz CT molecular complexity index is 636. The van der Waals surface area contributed by atoms with Crippen LogP contribution in [0.1, 0.15) is 6.42 Å². The second-order valence-corrected chi connectivity index (χ2v) is 5.17. The van der Waals surface area contributed by atoms with E-state index >= 15 is 0 Å². The van der Waals surface area contributed by atoms with Crippen LogP contribution in [0.25, 0.3) is 0 Å². The van der Waals surface area contributed by atoms with Gasteiger partial charge in [0, 0.05) is 26.2 Å². The highest BCUT2D eigenvalue weighted by molar-refractivity contribution is 6.42. The number of hydrogen-bond donors (Lipinski definition) is 1. The minimum atomic E-state index is -0.996. The molecule has 1 aliphatic heterocycles. The highest BCUT2D eigenvalue weighted by Crippen LogP contribution is 2.15. The van der Waals surface area contributed by atoms with Crippen LogP contribution in [-0.4, -0.2) is 49.2 Å². The molecule has 2 rings (SSSR count). The number of carbonyl (C=O) groups is 3.